The molecule has 0 aliphatic carbocycles. The van der Waals surface area contributed by atoms with Crippen molar-refractivity contribution in [3.05, 3.63) is 59.1 Å². The van der Waals surface area contributed by atoms with E-state index < -0.39 is 0 Å². The van der Waals surface area contributed by atoms with Gasteiger partial charge in [-0.1, -0.05) is 18.2 Å². The van der Waals surface area contributed by atoms with E-state index >= 15 is 0 Å². The number of hydrogen-bond donors (Lipinski definition) is 1. The average Bonchev–Trinajstić information content (AvgIpc) is 3.15. The minimum absolute atomic E-state index is 0.184. The Morgan fingerprint density at radius 2 is 2.00 bits per heavy atom. The topological polar surface area (TPSA) is 69.7 Å². The quantitative estimate of drug-likeness (QED) is 0.421. The van der Waals surface area contributed by atoms with Gasteiger partial charge in [-0.25, -0.2) is 4.98 Å². The van der Waals surface area contributed by atoms with Crippen molar-refractivity contribution < 1.29 is 19.0 Å². The van der Waals surface area contributed by atoms with Gasteiger partial charge in [0.1, 0.15) is 11.6 Å². The highest BCUT2D eigenvalue weighted by molar-refractivity contribution is 7.19. The summed E-state index contributed by atoms with van der Waals surface area (Å²) < 4.78 is 17.1. The van der Waals surface area contributed by atoms with E-state index in [1.54, 1.807) is 31.6 Å². The molecule has 3 aromatic rings. The Hall–Kier alpha value is -2.90. The number of fused-ring (bicyclic) bond motifs is 1. The van der Waals surface area contributed by atoms with Crippen LogP contribution in [-0.4, -0.2) is 38.3 Å². The van der Waals surface area contributed by atoms with E-state index in [9.17, 15) is 4.79 Å². The minimum Gasteiger partial charge on any atom is -0.493 e. The molecule has 1 atom stereocenters. The second-order valence-electron chi connectivity index (χ2n) is 6.33. The highest BCUT2D eigenvalue weighted by atomic mass is 32.1. The molecule has 1 heterocycles. The van der Waals surface area contributed by atoms with Crippen LogP contribution >= 0.6 is 11.3 Å². The van der Waals surface area contributed by atoms with E-state index in [1.165, 1.54) is 6.08 Å². The number of amides is 1. The second kappa shape index (κ2) is 10.0. The molecular formula is C22H24N2O4S. The smallest absolute Gasteiger partial charge is 0.244 e. The van der Waals surface area contributed by atoms with Crippen LogP contribution in [0.4, 0.5) is 0 Å². The molecule has 1 amide bonds. The first-order chi connectivity index (χ1) is 14.1. The molecule has 3 rings (SSSR count). The lowest BCUT2D eigenvalue weighted by Gasteiger charge is -2.16. The van der Waals surface area contributed by atoms with Crippen LogP contribution < -0.4 is 14.8 Å². The molecule has 152 valence electrons. The van der Waals surface area contributed by atoms with Crippen molar-refractivity contribution in [1.82, 2.24) is 10.3 Å². The average molecular weight is 413 g/mol. The maximum Gasteiger partial charge on any atom is 0.244 e. The van der Waals surface area contributed by atoms with Gasteiger partial charge in [0.15, 0.2) is 11.5 Å². The predicted octanol–water partition coefficient (Wildman–Crippen LogP) is 4.22. The van der Waals surface area contributed by atoms with E-state index in [0.29, 0.717) is 24.7 Å². The summed E-state index contributed by atoms with van der Waals surface area (Å²) in [6.45, 7) is 2.86. The first-order valence-corrected chi connectivity index (χ1v) is 10.1. The molecule has 1 aromatic heterocycles. The Morgan fingerprint density at radius 3 is 2.76 bits per heavy atom. The molecule has 0 spiro atoms. The number of nitrogens with zero attached hydrogens (tertiary/aromatic N) is 1. The fourth-order valence-electron chi connectivity index (χ4n) is 2.76. The summed E-state index contributed by atoms with van der Waals surface area (Å²) in [5.74, 6) is 1.07. The zero-order valence-electron chi connectivity index (χ0n) is 16.7. The fraction of sp³-hybridized carbons (Fsp3) is 0.273. The summed E-state index contributed by atoms with van der Waals surface area (Å²) in [6, 6.07) is 13.3. The van der Waals surface area contributed by atoms with Crippen molar-refractivity contribution in [2.75, 3.05) is 27.4 Å². The van der Waals surface area contributed by atoms with Crippen LogP contribution in [0.1, 0.15) is 23.5 Å². The number of carbonyl (C=O) groups excluding carboxylic acids is 1. The number of nitrogens with one attached hydrogen (secondary N) is 1. The third-order valence-electron chi connectivity index (χ3n) is 4.28. The van der Waals surface area contributed by atoms with Crippen LogP contribution in [0.15, 0.2) is 48.5 Å². The van der Waals surface area contributed by atoms with Crippen molar-refractivity contribution in [3.63, 3.8) is 0 Å². The minimum atomic E-state index is -0.190. The number of carbonyl (C=O) groups is 1. The number of ether oxygens (including phenoxy) is 3. The van der Waals surface area contributed by atoms with Gasteiger partial charge < -0.3 is 19.5 Å². The van der Waals surface area contributed by atoms with Crippen LogP contribution in [0.3, 0.4) is 0 Å². The van der Waals surface area contributed by atoms with Gasteiger partial charge in [0.2, 0.25) is 5.91 Å². The van der Waals surface area contributed by atoms with Crippen molar-refractivity contribution in [2.24, 2.45) is 0 Å². The zero-order valence-corrected chi connectivity index (χ0v) is 17.5. The normalized spacial score (nSPS) is 12.2. The Balaban J connectivity index is 1.62. The lowest BCUT2D eigenvalue weighted by atomic mass is 10.1. The number of methoxy groups -OCH3 is 2. The monoisotopic (exact) mass is 412 g/mol. The molecule has 0 aliphatic heterocycles. The van der Waals surface area contributed by atoms with Crippen LogP contribution in [0, 0.1) is 0 Å². The number of hydrogen-bond acceptors (Lipinski definition) is 6. The van der Waals surface area contributed by atoms with Crippen LogP contribution in [0.5, 0.6) is 11.5 Å². The molecule has 1 unspecified atom stereocenters. The van der Waals surface area contributed by atoms with E-state index in [2.05, 4.69) is 10.3 Å². The molecule has 0 bridgehead atoms. The van der Waals surface area contributed by atoms with Gasteiger partial charge in [0.05, 0.1) is 30.0 Å². The number of para-hydroxylation sites is 1. The Kier molecular flexibility index (Phi) is 7.21. The molecule has 0 saturated carbocycles. The Bertz CT molecular complexity index is 966. The lowest BCUT2D eigenvalue weighted by Crippen LogP contribution is -2.24. The summed E-state index contributed by atoms with van der Waals surface area (Å²) in [4.78, 5) is 16.8. The van der Waals surface area contributed by atoms with Gasteiger partial charge in [-0.15, -0.1) is 11.3 Å². The predicted molar refractivity (Wildman–Crippen MR) is 116 cm³/mol. The second-order valence-corrected chi connectivity index (χ2v) is 7.40. The number of thiazole rings is 1. The lowest BCUT2D eigenvalue weighted by molar-refractivity contribution is -0.117. The Morgan fingerprint density at radius 1 is 1.17 bits per heavy atom. The maximum atomic E-state index is 12.3. The Labute approximate surface area is 174 Å². The summed E-state index contributed by atoms with van der Waals surface area (Å²) in [7, 11) is 3.21. The van der Waals surface area contributed by atoms with E-state index in [-0.39, 0.29) is 11.9 Å². The van der Waals surface area contributed by atoms with Gasteiger partial charge in [-0.3, -0.25) is 4.79 Å². The number of rotatable bonds is 9. The molecule has 29 heavy (non-hydrogen) atoms. The van der Waals surface area contributed by atoms with Gasteiger partial charge in [0, 0.05) is 13.2 Å². The van der Waals surface area contributed by atoms with Crippen LogP contribution in [0.2, 0.25) is 0 Å². The summed E-state index contributed by atoms with van der Waals surface area (Å²) in [6.07, 6.45) is 3.24. The number of benzene rings is 2. The molecule has 0 fully saturated rings. The largest absolute Gasteiger partial charge is 0.493 e. The van der Waals surface area contributed by atoms with Gasteiger partial charge in [0.25, 0.3) is 0 Å². The van der Waals surface area contributed by atoms with E-state index in [1.807, 2.05) is 49.4 Å². The van der Waals surface area contributed by atoms with Crippen molar-refractivity contribution >= 4 is 33.5 Å². The molecule has 0 radical (unpaired) electrons. The molecule has 0 saturated heterocycles. The van der Waals surface area contributed by atoms with E-state index in [4.69, 9.17) is 14.2 Å². The highest BCUT2D eigenvalue weighted by Crippen LogP contribution is 2.30. The van der Waals surface area contributed by atoms with Crippen LogP contribution in [0.25, 0.3) is 16.3 Å². The van der Waals surface area contributed by atoms with Gasteiger partial charge in [-0.2, -0.15) is 0 Å². The SMILES string of the molecule is COCCOc1ccc(C(C)NC(=O)C=Cc2nc3ccccc3s2)cc1OC. The zero-order chi connectivity index (χ0) is 20.6. The van der Waals surface area contributed by atoms with Crippen LogP contribution in [-0.2, 0) is 9.53 Å². The van der Waals surface area contributed by atoms with Crippen molar-refractivity contribution in [3.8, 4) is 11.5 Å². The van der Waals surface area contributed by atoms with Gasteiger partial charge >= 0.3 is 0 Å². The highest BCUT2D eigenvalue weighted by Gasteiger charge is 2.12. The van der Waals surface area contributed by atoms with E-state index in [0.717, 1.165) is 20.8 Å². The number of aromatic nitrogens is 1. The third kappa shape index (κ3) is 5.56. The first-order valence-electron chi connectivity index (χ1n) is 9.24. The molecule has 7 heteroatoms. The molecule has 0 aliphatic rings. The first kappa shape index (κ1) is 20.8. The van der Waals surface area contributed by atoms with Crippen molar-refractivity contribution in [1.29, 1.82) is 0 Å². The van der Waals surface area contributed by atoms with Crippen molar-refractivity contribution in [2.45, 2.75) is 13.0 Å². The van der Waals surface area contributed by atoms with Gasteiger partial charge in [-0.05, 0) is 42.8 Å². The summed E-state index contributed by atoms with van der Waals surface area (Å²) in [5, 5.41) is 3.76. The fourth-order valence-corrected chi connectivity index (χ4v) is 3.63. The molecule has 1 N–H and O–H groups in total. The third-order valence-corrected chi connectivity index (χ3v) is 5.28. The summed E-state index contributed by atoms with van der Waals surface area (Å²) >= 11 is 1.55. The summed E-state index contributed by atoms with van der Waals surface area (Å²) in [5.41, 5.74) is 1.86. The standard InChI is InChI=1S/C22H24N2O4S/c1-15(16-8-9-18(19(14-16)27-3)28-13-12-26-2)23-21(25)10-11-22-24-17-6-4-5-7-20(17)29-22/h4-11,14-15H,12-13H2,1-3H3,(H,23,25). The molecule has 6 nitrogen and oxygen atoms in total. The maximum absolute atomic E-state index is 12.3. The molecular weight excluding hydrogens is 388 g/mol. The molecule has 2 aromatic carbocycles.